The van der Waals surface area contributed by atoms with Crippen molar-refractivity contribution >= 4 is 0 Å². The zero-order chi connectivity index (χ0) is 7.98. The highest BCUT2D eigenvalue weighted by atomic mass is 16.3. The average molecular weight is 148 g/mol. The van der Waals surface area contributed by atoms with E-state index < -0.39 is 6.10 Å². The molecule has 0 saturated heterocycles. The minimum absolute atomic E-state index is 0.116. The molecule has 0 amide bonds. The summed E-state index contributed by atoms with van der Waals surface area (Å²) in [7, 11) is 0. The van der Waals surface area contributed by atoms with Gasteiger partial charge in [0.25, 0.3) is 0 Å². The van der Waals surface area contributed by atoms with Crippen LogP contribution >= 0.6 is 0 Å². The quantitative estimate of drug-likeness (QED) is 0.378. The fourth-order valence-electron chi connectivity index (χ4n) is 0.694. The summed E-state index contributed by atoms with van der Waals surface area (Å²) < 4.78 is 0. The number of hydrogen-bond donors (Lipinski definition) is 4. The van der Waals surface area contributed by atoms with Crippen LogP contribution in [0.5, 0.6) is 0 Å². The summed E-state index contributed by atoms with van der Waals surface area (Å²) in [6.45, 7) is 0.303. The molecule has 62 valence electrons. The van der Waals surface area contributed by atoms with Crippen LogP contribution < -0.4 is 11.5 Å². The standard InChI is InChI=1S/C6H16N2O2/c7-4-6(10)5(8)2-1-3-9/h5-6,9-10H,1-4,7-8H2. The first-order valence-electron chi connectivity index (χ1n) is 3.47. The van der Waals surface area contributed by atoms with Crippen LogP contribution in [-0.2, 0) is 0 Å². The molecule has 0 spiro atoms. The Kier molecular flexibility index (Phi) is 5.52. The summed E-state index contributed by atoms with van der Waals surface area (Å²) in [5.74, 6) is 0. The summed E-state index contributed by atoms with van der Waals surface area (Å²) in [4.78, 5) is 0. The Balaban J connectivity index is 3.31. The SMILES string of the molecule is NCC(O)C(N)CCCO. The molecule has 0 rings (SSSR count). The van der Waals surface area contributed by atoms with E-state index in [1.165, 1.54) is 0 Å². The Hall–Kier alpha value is -0.160. The molecule has 4 heteroatoms. The van der Waals surface area contributed by atoms with Crippen LogP contribution in [0.3, 0.4) is 0 Å². The van der Waals surface area contributed by atoms with Crippen LogP contribution in [-0.4, -0.2) is 35.5 Å². The zero-order valence-electron chi connectivity index (χ0n) is 6.03. The van der Waals surface area contributed by atoms with Gasteiger partial charge in [-0.05, 0) is 12.8 Å². The van der Waals surface area contributed by atoms with Gasteiger partial charge >= 0.3 is 0 Å². The van der Waals surface area contributed by atoms with Gasteiger partial charge in [-0.3, -0.25) is 0 Å². The van der Waals surface area contributed by atoms with E-state index in [0.29, 0.717) is 12.8 Å². The molecule has 0 bridgehead atoms. The molecule has 0 aromatic carbocycles. The minimum Gasteiger partial charge on any atom is -0.396 e. The van der Waals surface area contributed by atoms with Crippen LogP contribution in [0.25, 0.3) is 0 Å². The molecular weight excluding hydrogens is 132 g/mol. The van der Waals surface area contributed by atoms with Crippen molar-refractivity contribution in [2.24, 2.45) is 11.5 Å². The summed E-state index contributed by atoms with van der Waals surface area (Å²) in [6.07, 6.45) is 0.610. The molecule has 0 aromatic rings. The number of aliphatic hydroxyl groups excluding tert-OH is 2. The van der Waals surface area contributed by atoms with E-state index in [1.807, 2.05) is 0 Å². The van der Waals surface area contributed by atoms with Gasteiger partial charge in [0.15, 0.2) is 0 Å². The summed E-state index contributed by atoms with van der Waals surface area (Å²) in [5, 5.41) is 17.4. The van der Waals surface area contributed by atoms with Gasteiger partial charge in [0.05, 0.1) is 6.10 Å². The van der Waals surface area contributed by atoms with Gasteiger partial charge < -0.3 is 21.7 Å². The molecule has 0 heterocycles. The third kappa shape index (κ3) is 3.79. The molecule has 4 nitrogen and oxygen atoms in total. The summed E-state index contributed by atoms with van der Waals surface area (Å²) in [6, 6.07) is -0.294. The lowest BCUT2D eigenvalue weighted by molar-refractivity contribution is 0.143. The van der Waals surface area contributed by atoms with Gasteiger partial charge in [-0.25, -0.2) is 0 Å². The second-order valence-corrected chi connectivity index (χ2v) is 2.33. The topological polar surface area (TPSA) is 92.5 Å². The van der Waals surface area contributed by atoms with E-state index in [2.05, 4.69) is 0 Å². The zero-order valence-corrected chi connectivity index (χ0v) is 6.03. The van der Waals surface area contributed by atoms with Crippen molar-refractivity contribution in [3.05, 3.63) is 0 Å². The molecule has 10 heavy (non-hydrogen) atoms. The van der Waals surface area contributed by atoms with E-state index >= 15 is 0 Å². The van der Waals surface area contributed by atoms with Gasteiger partial charge in [0, 0.05) is 19.2 Å². The monoisotopic (exact) mass is 148 g/mol. The third-order valence-corrected chi connectivity index (χ3v) is 1.43. The fraction of sp³-hybridized carbons (Fsp3) is 1.00. The van der Waals surface area contributed by atoms with Gasteiger partial charge in [-0.2, -0.15) is 0 Å². The van der Waals surface area contributed by atoms with Crippen molar-refractivity contribution in [1.29, 1.82) is 0 Å². The lowest BCUT2D eigenvalue weighted by atomic mass is 10.1. The molecule has 6 N–H and O–H groups in total. The minimum atomic E-state index is -0.633. The molecular formula is C6H16N2O2. The highest BCUT2D eigenvalue weighted by Crippen LogP contribution is 1.97. The Morgan fingerprint density at radius 1 is 1.40 bits per heavy atom. The Morgan fingerprint density at radius 3 is 2.40 bits per heavy atom. The second-order valence-electron chi connectivity index (χ2n) is 2.33. The van der Waals surface area contributed by atoms with Crippen LogP contribution in [0.2, 0.25) is 0 Å². The maximum atomic E-state index is 9.02. The Morgan fingerprint density at radius 2 is 2.00 bits per heavy atom. The van der Waals surface area contributed by atoms with Crippen molar-refractivity contribution in [1.82, 2.24) is 0 Å². The lowest BCUT2D eigenvalue weighted by Crippen LogP contribution is -2.39. The van der Waals surface area contributed by atoms with Crippen molar-refractivity contribution in [2.75, 3.05) is 13.2 Å². The summed E-state index contributed by atoms with van der Waals surface area (Å²) >= 11 is 0. The molecule has 0 saturated carbocycles. The smallest absolute Gasteiger partial charge is 0.0813 e. The van der Waals surface area contributed by atoms with Crippen LogP contribution in [0.15, 0.2) is 0 Å². The van der Waals surface area contributed by atoms with Crippen molar-refractivity contribution in [3.8, 4) is 0 Å². The number of hydrogen-bond acceptors (Lipinski definition) is 4. The molecule has 2 atom stereocenters. The van der Waals surface area contributed by atoms with E-state index in [9.17, 15) is 0 Å². The normalized spacial score (nSPS) is 16.8. The first kappa shape index (κ1) is 9.84. The number of aliphatic hydroxyl groups is 2. The van der Waals surface area contributed by atoms with Crippen molar-refractivity contribution in [3.63, 3.8) is 0 Å². The number of nitrogens with two attached hydrogens (primary N) is 2. The maximum Gasteiger partial charge on any atom is 0.0813 e. The van der Waals surface area contributed by atoms with Crippen molar-refractivity contribution < 1.29 is 10.2 Å². The van der Waals surface area contributed by atoms with Gasteiger partial charge in [0.2, 0.25) is 0 Å². The van der Waals surface area contributed by atoms with E-state index in [0.717, 1.165) is 0 Å². The van der Waals surface area contributed by atoms with Crippen LogP contribution in [0.4, 0.5) is 0 Å². The van der Waals surface area contributed by atoms with Gasteiger partial charge in [-0.15, -0.1) is 0 Å². The number of rotatable bonds is 5. The molecule has 0 radical (unpaired) electrons. The average Bonchev–Trinajstić information content (AvgIpc) is 1.98. The highest BCUT2D eigenvalue weighted by Gasteiger charge is 2.11. The Labute approximate surface area is 60.8 Å². The molecule has 0 fully saturated rings. The van der Waals surface area contributed by atoms with Gasteiger partial charge in [-0.1, -0.05) is 0 Å². The third-order valence-electron chi connectivity index (χ3n) is 1.43. The van der Waals surface area contributed by atoms with E-state index in [1.54, 1.807) is 0 Å². The second kappa shape index (κ2) is 5.61. The fourth-order valence-corrected chi connectivity index (χ4v) is 0.694. The lowest BCUT2D eigenvalue weighted by Gasteiger charge is -2.15. The van der Waals surface area contributed by atoms with E-state index in [-0.39, 0.29) is 19.2 Å². The molecule has 0 aliphatic heterocycles. The molecule has 2 unspecified atom stereocenters. The predicted molar refractivity (Wildman–Crippen MR) is 39.4 cm³/mol. The molecule has 0 aromatic heterocycles. The van der Waals surface area contributed by atoms with Crippen LogP contribution in [0.1, 0.15) is 12.8 Å². The van der Waals surface area contributed by atoms with Crippen LogP contribution in [0, 0.1) is 0 Å². The van der Waals surface area contributed by atoms with Gasteiger partial charge in [0.1, 0.15) is 0 Å². The first-order valence-corrected chi connectivity index (χ1v) is 3.47. The largest absolute Gasteiger partial charge is 0.396 e. The first-order chi connectivity index (χ1) is 4.72. The van der Waals surface area contributed by atoms with E-state index in [4.69, 9.17) is 21.7 Å². The Bertz CT molecular complexity index is 80.1. The summed E-state index contributed by atoms with van der Waals surface area (Å²) in [5.41, 5.74) is 10.6. The molecule has 0 aliphatic carbocycles. The maximum absolute atomic E-state index is 9.02. The van der Waals surface area contributed by atoms with Crippen molar-refractivity contribution in [2.45, 2.75) is 25.0 Å². The highest BCUT2D eigenvalue weighted by molar-refractivity contribution is 4.71. The predicted octanol–water partition coefficient (Wildman–Crippen LogP) is -1.59. The molecule has 0 aliphatic rings.